The van der Waals surface area contributed by atoms with Crippen LogP contribution in [0.3, 0.4) is 0 Å². The molecule has 2 nitrogen and oxygen atoms in total. The van der Waals surface area contributed by atoms with Gasteiger partial charge in [0.25, 0.3) is 0 Å². The molecule has 0 atom stereocenters. The van der Waals surface area contributed by atoms with Crippen molar-refractivity contribution in [2.75, 3.05) is 0 Å². The summed E-state index contributed by atoms with van der Waals surface area (Å²) in [5, 5.41) is 0. The molecule has 0 aliphatic rings. The molecule has 0 spiro atoms. The van der Waals surface area contributed by atoms with E-state index in [-0.39, 0.29) is 10.8 Å². The summed E-state index contributed by atoms with van der Waals surface area (Å²) in [5.74, 6) is 0. The number of hydrogen-bond donors (Lipinski definition) is 0. The van der Waals surface area contributed by atoms with Crippen LogP contribution in [0.5, 0.6) is 0 Å². The maximum absolute atomic E-state index is 12.9. The van der Waals surface area contributed by atoms with E-state index in [0.717, 1.165) is 23.5 Å². The van der Waals surface area contributed by atoms with Gasteiger partial charge in [-0.15, -0.1) is 0 Å². The largest absolute Gasteiger partial charge is 0.416 e. The summed E-state index contributed by atoms with van der Waals surface area (Å²) in [7, 11) is 0. The number of rotatable bonds is 0. The molecular formula is C16H21F3N2. The second-order valence-electron chi connectivity index (χ2n) is 7.45. The van der Waals surface area contributed by atoms with Crippen molar-refractivity contribution in [3.05, 3.63) is 35.3 Å². The number of pyridine rings is 1. The fourth-order valence-corrected chi connectivity index (χ4v) is 2.46. The molecule has 116 valence electrons. The van der Waals surface area contributed by atoms with E-state index in [2.05, 4.69) is 4.98 Å². The second-order valence-corrected chi connectivity index (χ2v) is 7.45. The average Bonchev–Trinajstić information content (AvgIpc) is 2.64. The third-order valence-electron chi connectivity index (χ3n) is 3.37. The lowest BCUT2D eigenvalue weighted by Crippen LogP contribution is -2.23. The molecule has 2 rings (SSSR count). The zero-order valence-corrected chi connectivity index (χ0v) is 13.3. The van der Waals surface area contributed by atoms with E-state index < -0.39 is 11.7 Å². The minimum absolute atomic E-state index is 0.207. The minimum Gasteiger partial charge on any atom is -0.303 e. The van der Waals surface area contributed by atoms with Crippen molar-refractivity contribution in [1.82, 2.24) is 9.38 Å². The third kappa shape index (κ3) is 2.92. The Bertz CT molecular complexity index is 668. The first-order chi connectivity index (χ1) is 9.32. The number of imidazole rings is 1. The van der Waals surface area contributed by atoms with Crippen molar-refractivity contribution in [3.63, 3.8) is 0 Å². The number of fused-ring (bicyclic) bond motifs is 1. The van der Waals surface area contributed by atoms with E-state index in [0.29, 0.717) is 5.65 Å². The summed E-state index contributed by atoms with van der Waals surface area (Å²) in [5.41, 5.74) is 1.04. The van der Waals surface area contributed by atoms with Crippen LogP contribution in [-0.2, 0) is 17.0 Å². The molecule has 5 heteroatoms. The van der Waals surface area contributed by atoms with E-state index >= 15 is 0 Å². The molecule has 0 saturated carbocycles. The molecule has 2 aromatic rings. The first-order valence-corrected chi connectivity index (χ1v) is 6.92. The van der Waals surface area contributed by atoms with Crippen molar-refractivity contribution in [3.8, 4) is 0 Å². The van der Waals surface area contributed by atoms with Crippen LogP contribution in [0.15, 0.2) is 18.3 Å². The van der Waals surface area contributed by atoms with Gasteiger partial charge < -0.3 is 4.40 Å². The maximum atomic E-state index is 12.9. The van der Waals surface area contributed by atoms with Gasteiger partial charge in [-0.3, -0.25) is 0 Å². The van der Waals surface area contributed by atoms with Gasteiger partial charge in [0.2, 0.25) is 0 Å². The third-order valence-corrected chi connectivity index (χ3v) is 3.37. The predicted molar refractivity (Wildman–Crippen MR) is 77.6 cm³/mol. The minimum atomic E-state index is -4.35. The van der Waals surface area contributed by atoms with Crippen molar-refractivity contribution in [1.29, 1.82) is 0 Å². The standard InChI is InChI=1S/C16H21F3N2/c1-14(2,3)12-13(15(4,5)6)21-8-7-10(16(17,18)19)9-11(21)20-12/h7-9H,1-6H3. The van der Waals surface area contributed by atoms with Gasteiger partial charge in [-0.25, -0.2) is 4.98 Å². The van der Waals surface area contributed by atoms with Gasteiger partial charge >= 0.3 is 6.18 Å². The lowest BCUT2D eigenvalue weighted by molar-refractivity contribution is -0.137. The van der Waals surface area contributed by atoms with Crippen LogP contribution in [0.2, 0.25) is 0 Å². The zero-order chi connectivity index (χ0) is 16.2. The highest BCUT2D eigenvalue weighted by molar-refractivity contribution is 5.49. The van der Waals surface area contributed by atoms with Crippen LogP contribution in [0, 0.1) is 0 Å². The molecule has 0 aliphatic carbocycles. The monoisotopic (exact) mass is 298 g/mol. The second kappa shape index (κ2) is 4.49. The smallest absolute Gasteiger partial charge is 0.303 e. The van der Waals surface area contributed by atoms with Crippen LogP contribution < -0.4 is 0 Å². The molecule has 2 heterocycles. The fraction of sp³-hybridized carbons (Fsp3) is 0.562. The number of nitrogens with zero attached hydrogens (tertiary/aromatic N) is 2. The molecule has 2 aromatic heterocycles. The van der Waals surface area contributed by atoms with E-state index in [1.165, 1.54) is 6.20 Å². The molecule has 0 fully saturated rings. The first kappa shape index (κ1) is 15.9. The molecule has 0 radical (unpaired) electrons. The van der Waals surface area contributed by atoms with Gasteiger partial charge in [0.15, 0.2) is 0 Å². The van der Waals surface area contributed by atoms with Gasteiger partial charge in [-0.2, -0.15) is 13.2 Å². The number of aromatic nitrogens is 2. The van der Waals surface area contributed by atoms with Crippen molar-refractivity contribution in [2.45, 2.75) is 58.5 Å². The SMILES string of the molecule is CC(C)(C)c1nc2cc(C(F)(F)F)ccn2c1C(C)(C)C. The molecule has 0 aromatic carbocycles. The van der Waals surface area contributed by atoms with E-state index in [4.69, 9.17) is 0 Å². The molecule has 0 saturated heterocycles. The topological polar surface area (TPSA) is 17.3 Å². The van der Waals surface area contributed by atoms with Crippen molar-refractivity contribution < 1.29 is 13.2 Å². The van der Waals surface area contributed by atoms with E-state index in [1.54, 1.807) is 4.40 Å². The fourth-order valence-electron chi connectivity index (χ4n) is 2.46. The Morgan fingerprint density at radius 2 is 1.52 bits per heavy atom. The first-order valence-electron chi connectivity index (χ1n) is 6.92. The van der Waals surface area contributed by atoms with Gasteiger partial charge in [0, 0.05) is 17.0 Å². The van der Waals surface area contributed by atoms with Crippen LogP contribution in [0.1, 0.15) is 58.5 Å². The lowest BCUT2D eigenvalue weighted by Gasteiger charge is -2.25. The van der Waals surface area contributed by atoms with E-state index in [1.807, 2.05) is 41.5 Å². The summed E-state index contributed by atoms with van der Waals surface area (Å²) >= 11 is 0. The Hall–Kier alpha value is -1.52. The Morgan fingerprint density at radius 1 is 0.952 bits per heavy atom. The van der Waals surface area contributed by atoms with Gasteiger partial charge in [0.1, 0.15) is 5.65 Å². The number of hydrogen-bond acceptors (Lipinski definition) is 1. The zero-order valence-electron chi connectivity index (χ0n) is 13.3. The summed E-state index contributed by atoms with van der Waals surface area (Å²) in [6.45, 7) is 12.2. The quantitative estimate of drug-likeness (QED) is 0.673. The number of halogens is 3. The Balaban J connectivity index is 2.80. The molecule has 0 N–H and O–H groups in total. The summed E-state index contributed by atoms with van der Waals surface area (Å²) in [4.78, 5) is 4.49. The molecule has 0 bridgehead atoms. The molecule has 0 amide bonds. The summed E-state index contributed by atoms with van der Waals surface area (Å²) < 4.78 is 40.3. The van der Waals surface area contributed by atoms with Gasteiger partial charge in [-0.05, 0) is 12.1 Å². The normalized spacial score (nSPS) is 14.0. The van der Waals surface area contributed by atoms with Crippen LogP contribution in [-0.4, -0.2) is 9.38 Å². The summed E-state index contributed by atoms with van der Waals surface area (Å²) in [6.07, 6.45) is -2.88. The predicted octanol–water partition coefficient (Wildman–Crippen LogP) is 4.95. The van der Waals surface area contributed by atoms with Gasteiger partial charge in [0.05, 0.1) is 17.0 Å². The highest BCUT2D eigenvalue weighted by Gasteiger charge is 2.34. The Labute approximate surface area is 123 Å². The highest BCUT2D eigenvalue weighted by Crippen LogP contribution is 2.36. The Kier molecular flexibility index (Phi) is 3.39. The van der Waals surface area contributed by atoms with Crippen LogP contribution in [0.4, 0.5) is 13.2 Å². The number of alkyl halides is 3. The molecule has 0 aliphatic heterocycles. The van der Waals surface area contributed by atoms with Crippen molar-refractivity contribution in [2.24, 2.45) is 0 Å². The maximum Gasteiger partial charge on any atom is 0.416 e. The van der Waals surface area contributed by atoms with Gasteiger partial charge in [-0.1, -0.05) is 41.5 Å². The van der Waals surface area contributed by atoms with Crippen LogP contribution in [0.25, 0.3) is 5.65 Å². The average molecular weight is 298 g/mol. The lowest BCUT2D eigenvalue weighted by atomic mass is 9.82. The highest BCUT2D eigenvalue weighted by atomic mass is 19.4. The molecule has 21 heavy (non-hydrogen) atoms. The summed E-state index contributed by atoms with van der Waals surface area (Å²) in [6, 6.07) is 2.22. The Morgan fingerprint density at radius 3 is 1.95 bits per heavy atom. The van der Waals surface area contributed by atoms with E-state index in [9.17, 15) is 13.2 Å². The van der Waals surface area contributed by atoms with Crippen molar-refractivity contribution >= 4 is 5.65 Å². The molecule has 0 unspecified atom stereocenters. The van der Waals surface area contributed by atoms with Crippen LogP contribution >= 0.6 is 0 Å². The molecular weight excluding hydrogens is 277 g/mol.